The lowest BCUT2D eigenvalue weighted by atomic mass is 9.85. The predicted octanol–water partition coefficient (Wildman–Crippen LogP) is 1.66. The number of aliphatic hydroxyl groups excluding tert-OH is 2. The summed E-state index contributed by atoms with van der Waals surface area (Å²) in [5.41, 5.74) is 0. The lowest BCUT2D eigenvalue weighted by molar-refractivity contribution is -0.147. The normalized spacial score (nSPS) is 23.2. The van der Waals surface area contributed by atoms with E-state index in [1.54, 1.807) is 0 Å². The van der Waals surface area contributed by atoms with Gasteiger partial charge in [0.05, 0.1) is 13.2 Å². The zero-order chi connectivity index (χ0) is 13.1. The first-order chi connectivity index (χ1) is 8.19. The first kappa shape index (κ1) is 16.1. The Hall–Kier alpha value is -0.870. The summed E-state index contributed by atoms with van der Waals surface area (Å²) in [4.78, 5) is 11.0. The second-order valence-corrected chi connectivity index (χ2v) is 4.08. The van der Waals surface area contributed by atoms with Gasteiger partial charge in [0.1, 0.15) is 6.10 Å². The third-order valence-corrected chi connectivity index (χ3v) is 2.90. The van der Waals surface area contributed by atoms with E-state index in [2.05, 4.69) is 13.5 Å². The largest absolute Gasteiger partial charge is 0.459 e. The minimum atomic E-state index is -0.273. The maximum absolute atomic E-state index is 11.0. The van der Waals surface area contributed by atoms with E-state index in [1.165, 1.54) is 25.3 Å². The van der Waals surface area contributed by atoms with Crippen molar-refractivity contribution in [2.24, 2.45) is 5.92 Å². The highest BCUT2D eigenvalue weighted by Gasteiger charge is 2.25. The van der Waals surface area contributed by atoms with Crippen LogP contribution in [0.5, 0.6) is 0 Å². The van der Waals surface area contributed by atoms with Crippen molar-refractivity contribution in [1.29, 1.82) is 0 Å². The van der Waals surface area contributed by atoms with Crippen LogP contribution in [0.25, 0.3) is 0 Å². The van der Waals surface area contributed by atoms with Crippen LogP contribution in [0.2, 0.25) is 0 Å². The molecule has 0 aromatic carbocycles. The van der Waals surface area contributed by atoms with E-state index in [0.717, 1.165) is 12.8 Å². The fourth-order valence-corrected chi connectivity index (χ4v) is 1.99. The number of hydrogen-bond donors (Lipinski definition) is 2. The summed E-state index contributed by atoms with van der Waals surface area (Å²) in [7, 11) is 0. The van der Waals surface area contributed by atoms with Crippen LogP contribution in [0.4, 0.5) is 0 Å². The summed E-state index contributed by atoms with van der Waals surface area (Å²) in [6, 6.07) is 0. The molecule has 1 fully saturated rings. The molecular weight excluding hydrogens is 220 g/mol. The summed E-state index contributed by atoms with van der Waals surface area (Å²) in [5.74, 6) is 0.294. The molecule has 0 amide bonds. The van der Waals surface area contributed by atoms with Crippen molar-refractivity contribution >= 4 is 5.97 Å². The zero-order valence-electron chi connectivity index (χ0n) is 10.6. The average molecular weight is 244 g/mol. The average Bonchev–Trinajstić information content (AvgIpc) is 2.39. The molecule has 0 aromatic heterocycles. The second kappa shape index (κ2) is 10.3. The molecule has 0 aromatic rings. The molecule has 2 unspecified atom stereocenters. The smallest absolute Gasteiger partial charge is 0.330 e. The van der Waals surface area contributed by atoms with Crippen molar-refractivity contribution in [1.82, 2.24) is 0 Å². The highest BCUT2D eigenvalue weighted by molar-refractivity contribution is 5.81. The summed E-state index contributed by atoms with van der Waals surface area (Å²) >= 11 is 0. The lowest BCUT2D eigenvalue weighted by Gasteiger charge is -2.29. The molecule has 0 bridgehead atoms. The van der Waals surface area contributed by atoms with Gasteiger partial charge in [-0.2, -0.15) is 0 Å². The van der Waals surface area contributed by atoms with Crippen LogP contribution >= 0.6 is 0 Å². The van der Waals surface area contributed by atoms with Crippen molar-refractivity contribution < 1.29 is 19.7 Å². The molecule has 0 aliphatic heterocycles. The minimum Gasteiger partial charge on any atom is -0.459 e. The van der Waals surface area contributed by atoms with Crippen LogP contribution in [0.3, 0.4) is 0 Å². The Labute approximate surface area is 103 Å². The van der Waals surface area contributed by atoms with Crippen molar-refractivity contribution in [3.05, 3.63) is 12.7 Å². The molecule has 0 heterocycles. The molecule has 0 saturated heterocycles. The second-order valence-electron chi connectivity index (χ2n) is 4.08. The van der Waals surface area contributed by atoms with Gasteiger partial charge in [0.15, 0.2) is 0 Å². The van der Waals surface area contributed by atoms with Crippen molar-refractivity contribution in [3.63, 3.8) is 0 Å². The van der Waals surface area contributed by atoms with Gasteiger partial charge < -0.3 is 14.9 Å². The number of carbonyl (C=O) groups is 1. The molecule has 4 nitrogen and oxygen atoms in total. The van der Waals surface area contributed by atoms with Crippen LogP contribution in [0.1, 0.15) is 39.0 Å². The Bertz CT molecular complexity index is 213. The van der Waals surface area contributed by atoms with Crippen molar-refractivity contribution in [2.45, 2.75) is 45.1 Å². The molecule has 1 aliphatic rings. The topological polar surface area (TPSA) is 66.8 Å². The summed E-state index contributed by atoms with van der Waals surface area (Å²) in [6.45, 7) is 5.31. The van der Waals surface area contributed by atoms with Gasteiger partial charge in [-0.3, -0.25) is 0 Å². The van der Waals surface area contributed by atoms with Crippen molar-refractivity contribution in [3.8, 4) is 0 Å². The standard InChI is InChI=1S/C11H18O2.C2H6O2/c1-3-9-7-5-6-8-10(9)13-11(12)4-2;3-1-2-4/h4,9-10H,2-3,5-8H2,1H3;3-4H,1-2H2. The molecular formula is C13H24O4. The van der Waals surface area contributed by atoms with Crippen molar-refractivity contribution in [2.75, 3.05) is 13.2 Å². The van der Waals surface area contributed by atoms with E-state index in [4.69, 9.17) is 14.9 Å². The number of rotatable bonds is 4. The Morgan fingerprint density at radius 2 is 1.94 bits per heavy atom. The van der Waals surface area contributed by atoms with E-state index >= 15 is 0 Å². The summed E-state index contributed by atoms with van der Waals surface area (Å²) in [5, 5.41) is 15.2. The highest BCUT2D eigenvalue weighted by Crippen LogP contribution is 2.29. The van der Waals surface area contributed by atoms with Crippen LogP contribution in [-0.4, -0.2) is 35.5 Å². The van der Waals surface area contributed by atoms with E-state index in [1.807, 2.05) is 0 Å². The first-order valence-electron chi connectivity index (χ1n) is 6.24. The Balaban J connectivity index is 0.000000557. The van der Waals surface area contributed by atoms with Crippen LogP contribution in [-0.2, 0) is 9.53 Å². The Morgan fingerprint density at radius 1 is 1.35 bits per heavy atom. The molecule has 100 valence electrons. The van der Waals surface area contributed by atoms with E-state index < -0.39 is 0 Å². The van der Waals surface area contributed by atoms with E-state index in [9.17, 15) is 4.79 Å². The summed E-state index contributed by atoms with van der Waals surface area (Å²) < 4.78 is 5.29. The third-order valence-electron chi connectivity index (χ3n) is 2.90. The molecule has 0 spiro atoms. The molecule has 0 radical (unpaired) electrons. The first-order valence-corrected chi connectivity index (χ1v) is 6.24. The molecule has 4 heteroatoms. The number of esters is 1. The van der Waals surface area contributed by atoms with Crippen LogP contribution < -0.4 is 0 Å². The third kappa shape index (κ3) is 7.13. The van der Waals surface area contributed by atoms with Gasteiger partial charge in [0, 0.05) is 6.08 Å². The molecule has 17 heavy (non-hydrogen) atoms. The molecule has 2 atom stereocenters. The summed E-state index contributed by atoms with van der Waals surface area (Å²) in [6.07, 6.45) is 7.19. The molecule has 1 rings (SSSR count). The molecule has 1 saturated carbocycles. The van der Waals surface area contributed by atoms with Crippen LogP contribution in [0.15, 0.2) is 12.7 Å². The van der Waals surface area contributed by atoms with Gasteiger partial charge in [-0.05, 0) is 31.6 Å². The molecule has 1 aliphatic carbocycles. The van der Waals surface area contributed by atoms with Gasteiger partial charge >= 0.3 is 5.97 Å². The molecule has 2 N–H and O–H groups in total. The Morgan fingerprint density at radius 3 is 2.41 bits per heavy atom. The predicted molar refractivity (Wildman–Crippen MR) is 66.5 cm³/mol. The Kier molecular flexibility index (Phi) is 9.77. The minimum absolute atomic E-state index is 0.125. The van der Waals surface area contributed by atoms with Crippen LogP contribution in [0, 0.1) is 5.92 Å². The monoisotopic (exact) mass is 244 g/mol. The van der Waals surface area contributed by atoms with Gasteiger partial charge in [0.2, 0.25) is 0 Å². The van der Waals surface area contributed by atoms with E-state index in [-0.39, 0.29) is 25.3 Å². The fraction of sp³-hybridized carbons (Fsp3) is 0.769. The van der Waals surface area contributed by atoms with Gasteiger partial charge in [0.25, 0.3) is 0 Å². The van der Waals surface area contributed by atoms with Gasteiger partial charge in [-0.15, -0.1) is 0 Å². The lowest BCUT2D eigenvalue weighted by Crippen LogP contribution is -2.29. The number of hydrogen-bond acceptors (Lipinski definition) is 4. The van der Waals surface area contributed by atoms with Gasteiger partial charge in [-0.25, -0.2) is 4.79 Å². The van der Waals surface area contributed by atoms with Gasteiger partial charge in [-0.1, -0.05) is 19.9 Å². The maximum atomic E-state index is 11.0. The number of ether oxygens (including phenoxy) is 1. The highest BCUT2D eigenvalue weighted by atomic mass is 16.5. The number of aliphatic hydroxyl groups is 2. The maximum Gasteiger partial charge on any atom is 0.330 e. The van der Waals surface area contributed by atoms with E-state index in [0.29, 0.717) is 5.92 Å². The SMILES string of the molecule is C=CC(=O)OC1CCCCC1CC.OCCO. The fourth-order valence-electron chi connectivity index (χ4n) is 1.99. The quantitative estimate of drug-likeness (QED) is 0.583. The zero-order valence-corrected chi connectivity index (χ0v) is 10.6. The number of carbonyl (C=O) groups excluding carboxylic acids is 1.